The topological polar surface area (TPSA) is 91.2 Å². The van der Waals surface area contributed by atoms with Crippen LogP contribution in [0.1, 0.15) is 34.2 Å². The molecule has 5 rings (SSSR count). The molecule has 0 saturated carbocycles. The summed E-state index contributed by atoms with van der Waals surface area (Å²) in [5, 5.41) is 2.58. The Bertz CT molecular complexity index is 1510. The third-order valence-corrected chi connectivity index (χ3v) is 8.83. The molecule has 0 amide bonds. The Morgan fingerprint density at radius 3 is 2.71 bits per heavy atom. The van der Waals surface area contributed by atoms with E-state index in [0.717, 1.165) is 22.5 Å². The van der Waals surface area contributed by atoms with Crippen LogP contribution in [0.5, 0.6) is 5.88 Å². The largest absolute Gasteiger partial charge is 0.469 e. The zero-order chi connectivity index (χ0) is 24.0. The number of nitrogens with zero attached hydrogens (tertiary/aromatic N) is 3. The molecule has 0 N–H and O–H groups in total. The van der Waals surface area contributed by atoms with Gasteiger partial charge >= 0.3 is 0 Å². The number of thiophene rings is 1. The summed E-state index contributed by atoms with van der Waals surface area (Å²) in [6, 6.07) is 7.76. The second kappa shape index (κ2) is 8.59. The monoisotopic (exact) mass is 499 g/mol. The quantitative estimate of drug-likeness (QED) is 0.362. The lowest BCUT2D eigenvalue weighted by Gasteiger charge is -2.16. The van der Waals surface area contributed by atoms with E-state index in [4.69, 9.17) is 4.74 Å². The van der Waals surface area contributed by atoms with E-state index in [1.165, 1.54) is 29.8 Å². The summed E-state index contributed by atoms with van der Waals surface area (Å²) in [5.41, 5.74) is 3.71. The van der Waals surface area contributed by atoms with Gasteiger partial charge in [-0.1, -0.05) is 12.1 Å². The van der Waals surface area contributed by atoms with Gasteiger partial charge in [-0.05, 0) is 44.0 Å². The zero-order valence-electron chi connectivity index (χ0n) is 18.6. The number of aryl methyl sites for hydroxylation is 1. The molecule has 1 aromatic carbocycles. The van der Waals surface area contributed by atoms with Crippen LogP contribution in [0.4, 0.5) is 4.39 Å². The first-order chi connectivity index (χ1) is 16.2. The maximum atomic E-state index is 13.4. The van der Waals surface area contributed by atoms with Gasteiger partial charge in [-0.2, -0.15) is 0 Å². The van der Waals surface area contributed by atoms with E-state index < -0.39 is 9.84 Å². The molecule has 1 aliphatic heterocycles. The van der Waals surface area contributed by atoms with Crippen LogP contribution in [0.15, 0.2) is 42.0 Å². The number of fused-ring (bicyclic) bond motifs is 1. The molecule has 1 aliphatic rings. The standard InChI is InChI=1S/C24H22FN3O4S2/c1-14-9-19(15(2)28(14)18-7-8-34(30,31)12-18)21(29)10-32-23-22-20(11-33-24(22)27-13-26-23)16-3-5-17(25)6-4-16/h3-6,9,11,13,18H,7-8,10,12H2,1-2H3. The van der Waals surface area contributed by atoms with E-state index in [9.17, 15) is 17.6 Å². The average Bonchev–Trinajstić information content (AvgIpc) is 3.47. The third kappa shape index (κ3) is 4.12. The number of ketones is 1. The summed E-state index contributed by atoms with van der Waals surface area (Å²) in [6.07, 6.45) is 1.94. The number of benzene rings is 1. The second-order valence-corrected chi connectivity index (χ2v) is 11.5. The molecule has 34 heavy (non-hydrogen) atoms. The van der Waals surface area contributed by atoms with Gasteiger partial charge in [0.15, 0.2) is 16.4 Å². The second-order valence-electron chi connectivity index (χ2n) is 8.44. The molecule has 0 radical (unpaired) electrons. The van der Waals surface area contributed by atoms with Crippen LogP contribution in [-0.4, -0.2) is 46.8 Å². The minimum absolute atomic E-state index is 0.0940. The van der Waals surface area contributed by atoms with Gasteiger partial charge in [0.1, 0.15) is 17.0 Å². The molecule has 10 heteroatoms. The molecule has 0 aliphatic carbocycles. The number of carbonyl (C=O) groups excluding carboxylic acids is 1. The first-order valence-electron chi connectivity index (χ1n) is 10.8. The van der Waals surface area contributed by atoms with Crippen LogP contribution in [0.2, 0.25) is 0 Å². The van der Waals surface area contributed by atoms with E-state index in [0.29, 0.717) is 22.2 Å². The van der Waals surface area contributed by atoms with Crippen molar-refractivity contribution in [3.8, 4) is 17.0 Å². The number of hydrogen-bond acceptors (Lipinski definition) is 7. The fraction of sp³-hybridized carbons (Fsp3) is 0.292. The van der Waals surface area contributed by atoms with Gasteiger partial charge in [-0.3, -0.25) is 4.79 Å². The Hall–Kier alpha value is -3.11. The van der Waals surface area contributed by atoms with Crippen molar-refractivity contribution < 1.29 is 22.3 Å². The SMILES string of the molecule is Cc1cc(C(=O)COc2ncnc3scc(-c4ccc(F)cc4)c23)c(C)n1C1CCS(=O)(=O)C1. The van der Waals surface area contributed by atoms with Gasteiger partial charge in [0.05, 0.1) is 16.9 Å². The van der Waals surface area contributed by atoms with E-state index in [1.807, 2.05) is 23.8 Å². The number of ether oxygens (including phenoxy) is 1. The number of hydrogen-bond donors (Lipinski definition) is 0. The van der Waals surface area contributed by atoms with Crippen molar-refractivity contribution >= 4 is 37.2 Å². The van der Waals surface area contributed by atoms with Crippen molar-refractivity contribution in [1.29, 1.82) is 0 Å². The van der Waals surface area contributed by atoms with E-state index in [2.05, 4.69) is 9.97 Å². The molecule has 7 nitrogen and oxygen atoms in total. The fourth-order valence-corrected chi connectivity index (χ4v) is 7.22. The minimum atomic E-state index is -3.04. The first-order valence-corrected chi connectivity index (χ1v) is 13.5. The summed E-state index contributed by atoms with van der Waals surface area (Å²) in [7, 11) is -3.04. The highest BCUT2D eigenvalue weighted by Gasteiger charge is 2.31. The van der Waals surface area contributed by atoms with Gasteiger partial charge in [0.25, 0.3) is 0 Å². The lowest BCUT2D eigenvalue weighted by Crippen LogP contribution is -2.16. The van der Waals surface area contributed by atoms with Gasteiger partial charge < -0.3 is 9.30 Å². The van der Waals surface area contributed by atoms with E-state index in [-0.39, 0.29) is 41.6 Å². The molecule has 1 unspecified atom stereocenters. The Balaban J connectivity index is 1.40. The molecule has 4 aromatic rings. The van der Waals surface area contributed by atoms with E-state index in [1.54, 1.807) is 18.2 Å². The number of sulfone groups is 1. The summed E-state index contributed by atoms with van der Waals surface area (Å²) in [4.78, 5) is 22.3. The van der Waals surface area contributed by atoms with Gasteiger partial charge in [0.2, 0.25) is 11.7 Å². The Labute approximate surface area is 200 Å². The lowest BCUT2D eigenvalue weighted by molar-refractivity contribution is 0.0918. The molecule has 0 bridgehead atoms. The van der Waals surface area contributed by atoms with Crippen molar-refractivity contribution in [3.05, 3.63) is 64.8 Å². The summed E-state index contributed by atoms with van der Waals surface area (Å²) in [6.45, 7) is 3.49. The van der Waals surface area contributed by atoms with Crippen LogP contribution in [0.25, 0.3) is 21.3 Å². The molecular formula is C24H22FN3O4S2. The van der Waals surface area contributed by atoms with Crippen molar-refractivity contribution in [2.45, 2.75) is 26.3 Å². The maximum absolute atomic E-state index is 13.4. The molecule has 1 atom stereocenters. The van der Waals surface area contributed by atoms with Crippen molar-refractivity contribution in [1.82, 2.24) is 14.5 Å². The Morgan fingerprint density at radius 1 is 1.24 bits per heavy atom. The number of halogens is 1. The number of aromatic nitrogens is 3. The third-order valence-electron chi connectivity index (χ3n) is 6.19. The van der Waals surface area contributed by atoms with Crippen molar-refractivity contribution in [2.24, 2.45) is 0 Å². The Kier molecular flexibility index (Phi) is 5.73. The molecule has 176 valence electrons. The molecule has 3 aromatic heterocycles. The minimum Gasteiger partial charge on any atom is -0.469 e. The lowest BCUT2D eigenvalue weighted by atomic mass is 10.1. The van der Waals surface area contributed by atoms with Gasteiger partial charge in [-0.25, -0.2) is 22.8 Å². The zero-order valence-corrected chi connectivity index (χ0v) is 20.2. The number of rotatable bonds is 6. The maximum Gasteiger partial charge on any atom is 0.226 e. The normalized spacial score (nSPS) is 17.3. The van der Waals surface area contributed by atoms with Crippen LogP contribution >= 0.6 is 11.3 Å². The number of Topliss-reactive ketones (excluding diaryl/α,β-unsaturated/α-hetero) is 1. The number of carbonyl (C=O) groups is 1. The summed E-state index contributed by atoms with van der Waals surface area (Å²) < 4.78 is 45.1. The highest BCUT2D eigenvalue weighted by molar-refractivity contribution is 7.91. The summed E-state index contributed by atoms with van der Waals surface area (Å²) in [5.74, 6) is 0.00744. The van der Waals surface area contributed by atoms with Gasteiger partial charge in [0, 0.05) is 33.9 Å². The van der Waals surface area contributed by atoms with Crippen LogP contribution in [-0.2, 0) is 9.84 Å². The molecule has 4 heterocycles. The fourth-order valence-electron chi connectivity index (χ4n) is 4.61. The molecular weight excluding hydrogens is 477 g/mol. The van der Waals surface area contributed by atoms with Crippen LogP contribution < -0.4 is 4.74 Å². The predicted molar refractivity (Wildman–Crippen MR) is 129 cm³/mol. The smallest absolute Gasteiger partial charge is 0.226 e. The molecule has 1 saturated heterocycles. The molecule has 0 spiro atoms. The van der Waals surface area contributed by atoms with Crippen LogP contribution in [0.3, 0.4) is 0 Å². The van der Waals surface area contributed by atoms with Crippen molar-refractivity contribution in [2.75, 3.05) is 18.1 Å². The Morgan fingerprint density at radius 2 is 2.00 bits per heavy atom. The highest BCUT2D eigenvalue weighted by Crippen LogP contribution is 2.37. The van der Waals surface area contributed by atoms with Crippen LogP contribution in [0, 0.1) is 19.7 Å². The highest BCUT2D eigenvalue weighted by atomic mass is 32.2. The predicted octanol–water partition coefficient (Wildman–Crippen LogP) is 4.54. The van der Waals surface area contributed by atoms with E-state index >= 15 is 0 Å². The average molecular weight is 500 g/mol. The molecule has 1 fully saturated rings. The van der Waals surface area contributed by atoms with Crippen molar-refractivity contribution in [3.63, 3.8) is 0 Å². The first kappa shape index (κ1) is 22.7. The van der Waals surface area contributed by atoms with Gasteiger partial charge in [-0.15, -0.1) is 11.3 Å². The summed E-state index contributed by atoms with van der Waals surface area (Å²) >= 11 is 1.42.